The molecule has 2 aliphatic rings. The van der Waals surface area contributed by atoms with Crippen molar-refractivity contribution in [3.05, 3.63) is 65.2 Å². The largest absolute Gasteiger partial charge is 0.454 e. The number of nitrogens with zero attached hydrogens (tertiary/aromatic N) is 1. The second-order valence-electron chi connectivity index (χ2n) is 7.59. The molecule has 0 radical (unpaired) electrons. The Balaban J connectivity index is 1.37. The Labute approximate surface area is 165 Å². The predicted molar refractivity (Wildman–Crippen MR) is 109 cm³/mol. The molecule has 1 heterocycles. The van der Waals surface area contributed by atoms with Crippen molar-refractivity contribution in [2.45, 2.75) is 38.3 Å². The summed E-state index contributed by atoms with van der Waals surface area (Å²) in [5, 5.41) is 0. The van der Waals surface area contributed by atoms with E-state index in [-0.39, 0.29) is 18.7 Å². The molecule has 1 aliphatic heterocycles. The van der Waals surface area contributed by atoms with E-state index in [9.17, 15) is 4.79 Å². The molecule has 0 saturated carbocycles. The number of ether oxygens (including phenoxy) is 2. The summed E-state index contributed by atoms with van der Waals surface area (Å²) in [4.78, 5) is 14.7. The zero-order chi connectivity index (χ0) is 19.7. The Hall–Kier alpha value is -2.79. The van der Waals surface area contributed by atoms with E-state index in [1.165, 1.54) is 16.7 Å². The first-order chi connectivity index (χ1) is 13.5. The fraction of sp³-hybridized carbons (Fsp3) is 0.348. The van der Waals surface area contributed by atoms with Gasteiger partial charge < -0.3 is 20.1 Å². The molecule has 0 aromatic heterocycles. The van der Waals surface area contributed by atoms with Crippen molar-refractivity contribution in [2.75, 3.05) is 13.8 Å². The van der Waals surface area contributed by atoms with Gasteiger partial charge in [0.1, 0.15) is 0 Å². The van der Waals surface area contributed by atoms with Gasteiger partial charge in [-0.1, -0.05) is 36.4 Å². The summed E-state index contributed by atoms with van der Waals surface area (Å²) in [5.41, 5.74) is 11.1. The lowest BCUT2D eigenvalue weighted by molar-refractivity contribution is -0.132. The van der Waals surface area contributed by atoms with Crippen LogP contribution < -0.4 is 15.2 Å². The maximum absolute atomic E-state index is 12.9. The zero-order valence-electron chi connectivity index (χ0n) is 16.4. The van der Waals surface area contributed by atoms with Gasteiger partial charge in [0.05, 0.1) is 6.04 Å². The molecule has 4 rings (SSSR count). The quantitative estimate of drug-likeness (QED) is 0.839. The number of carbonyl (C=O) groups is 1. The van der Waals surface area contributed by atoms with Crippen molar-refractivity contribution in [3.8, 4) is 11.5 Å². The Morgan fingerprint density at radius 1 is 1.14 bits per heavy atom. The number of nitrogens with two attached hydrogens (primary N) is 1. The zero-order valence-corrected chi connectivity index (χ0v) is 16.4. The van der Waals surface area contributed by atoms with Crippen LogP contribution in [0.1, 0.15) is 30.0 Å². The first kappa shape index (κ1) is 18.6. The molecule has 2 unspecified atom stereocenters. The third kappa shape index (κ3) is 3.62. The van der Waals surface area contributed by atoms with E-state index >= 15 is 0 Å². The summed E-state index contributed by atoms with van der Waals surface area (Å²) >= 11 is 0. The highest BCUT2D eigenvalue weighted by molar-refractivity contribution is 5.85. The second kappa shape index (κ2) is 7.68. The van der Waals surface area contributed by atoms with Crippen LogP contribution in [0.25, 0.3) is 5.57 Å². The average molecular weight is 378 g/mol. The minimum atomic E-state index is -0.540. The highest BCUT2D eigenvalue weighted by atomic mass is 16.7. The number of hydrogen-bond donors (Lipinski definition) is 1. The van der Waals surface area contributed by atoms with Crippen LogP contribution in [-0.4, -0.2) is 36.7 Å². The molecule has 0 spiro atoms. The Morgan fingerprint density at radius 2 is 1.93 bits per heavy atom. The number of amides is 1. The molecular weight excluding hydrogens is 352 g/mol. The molecule has 0 bridgehead atoms. The van der Waals surface area contributed by atoms with E-state index in [4.69, 9.17) is 15.2 Å². The van der Waals surface area contributed by atoms with Gasteiger partial charge in [0.15, 0.2) is 11.5 Å². The van der Waals surface area contributed by atoms with Crippen molar-refractivity contribution < 1.29 is 14.3 Å². The molecular formula is C23H26N2O3. The van der Waals surface area contributed by atoms with Gasteiger partial charge in [-0.25, -0.2) is 0 Å². The average Bonchev–Trinajstić information content (AvgIpc) is 3.33. The van der Waals surface area contributed by atoms with Crippen LogP contribution >= 0.6 is 0 Å². The topological polar surface area (TPSA) is 64.8 Å². The van der Waals surface area contributed by atoms with Crippen LogP contribution in [0.5, 0.6) is 11.5 Å². The molecule has 1 aliphatic carbocycles. The third-order valence-corrected chi connectivity index (χ3v) is 5.67. The molecule has 1 amide bonds. The SMILES string of the molecule is CC(Cc1ccc2c(c1)OCO2)N(C)C(=O)C(N)CC1=CCc2ccccc21. The highest BCUT2D eigenvalue weighted by Crippen LogP contribution is 2.33. The summed E-state index contributed by atoms with van der Waals surface area (Å²) in [6.45, 7) is 2.31. The summed E-state index contributed by atoms with van der Waals surface area (Å²) in [7, 11) is 1.83. The van der Waals surface area contributed by atoms with Gasteiger partial charge in [-0.3, -0.25) is 4.79 Å². The number of allylic oxidation sites excluding steroid dienone is 1. The first-order valence-corrected chi connectivity index (χ1v) is 9.71. The van der Waals surface area contributed by atoms with Crippen LogP contribution in [0.15, 0.2) is 48.5 Å². The molecule has 2 atom stereocenters. The number of benzene rings is 2. The van der Waals surface area contributed by atoms with Crippen LogP contribution in [0.4, 0.5) is 0 Å². The van der Waals surface area contributed by atoms with Crippen LogP contribution in [0.3, 0.4) is 0 Å². The normalized spacial score (nSPS) is 16.3. The molecule has 5 nitrogen and oxygen atoms in total. The van der Waals surface area contributed by atoms with E-state index in [1.807, 2.05) is 44.3 Å². The lowest BCUT2D eigenvalue weighted by Gasteiger charge is -2.28. The molecule has 0 saturated heterocycles. The van der Waals surface area contributed by atoms with Gasteiger partial charge in [-0.05, 0) is 60.6 Å². The van der Waals surface area contributed by atoms with Crippen LogP contribution in [0, 0.1) is 0 Å². The molecule has 5 heteroatoms. The Morgan fingerprint density at radius 3 is 2.79 bits per heavy atom. The molecule has 0 fully saturated rings. The van der Waals surface area contributed by atoms with E-state index in [1.54, 1.807) is 4.90 Å². The monoisotopic (exact) mass is 378 g/mol. The van der Waals surface area contributed by atoms with Crippen molar-refractivity contribution in [2.24, 2.45) is 5.73 Å². The Bertz CT molecular complexity index is 922. The standard InChI is InChI=1S/C23H26N2O3/c1-15(11-16-7-10-21-22(12-16)28-14-27-21)25(2)23(26)20(24)13-18-9-8-17-5-3-4-6-19(17)18/h3-7,9-10,12,15,20H,8,11,13-14,24H2,1-2H3. The lowest BCUT2D eigenvalue weighted by Crippen LogP contribution is -2.46. The summed E-state index contributed by atoms with van der Waals surface area (Å²) in [5.74, 6) is 1.51. The molecule has 2 aromatic carbocycles. The van der Waals surface area contributed by atoms with E-state index in [0.29, 0.717) is 6.42 Å². The minimum Gasteiger partial charge on any atom is -0.454 e. The smallest absolute Gasteiger partial charge is 0.239 e. The summed E-state index contributed by atoms with van der Waals surface area (Å²) in [6.07, 6.45) is 4.41. The number of carbonyl (C=O) groups excluding carboxylic acids is 1. The molecule has 28 heavy (non-hydrogen) atoms. The van der Waals surface area contributed by atoms with Gasteiger partial charge in [0.25, 0.3) is 0 Å². The number of rotatable bonds is 6. The van der Waals surface area contributed by atoms with Gasteiger partial charge in [0.2, 0.25) is 12.7 Å². The summed E-state index contributed by atoms with van der Waals surface area (Å²) < 4.78 is 10.8. The predicted octanol–water partition coefficient (Wildman–Crippen LogP) is 3.16. The van der Waals surface area contributed by atoms with Crippen molar-refractivity contribution in [1.82, 2.24) is 4.90 Å². The van der Waals surface area contributed by atoms with E-state index in [0.717, 1.165) is 29.9 Å². The molecule has 146 valence electrons. The van der Waals surface area contributed by atoms with E-state index < -0.39 is 6.04 Å². The van der Waals surface area contributed by atoms with Gasteiger partial charge in [-0.15, -0.1) is 0 Å². The summed E-state index contributed by atoms with van der Waals surface area (Å²) in [6, 6.07) is 13.7. The van der Waals surface area contributed by atoms with Crippen molar-refractivity contribution in [3.63, 3.8) is 0 Å². The first-order valence-electron chi connectivity index (χ1n) is 9.71. The fourth-order valence-corrected chi connectivity index (χ4v) is 3.90. The minimum absolute atomic E-state index is 0.0291. The highest BCUT2D eigenvalue weighted by Gasteiger charge is 2.25. The number of fused-ring (bicyclic) bond motifs is 2. The van der Waals surface area contributed by atoms with Gasteiger partial charge in [-0.2, -0.15) is 0 Å². The lowest BCUT2D eigenvalue weighted by atomic mass is 9.98. The van der Waals surface area contributed by atoms with Gasteiger partial charge in [0, 0.05) is 13.1 Å². The molecule has 2 aromatic rings. The maximum atomic E-state index is 12.9. The second-order valence-corrected chi connectivity index (χ2v) is 7.59. The van der Waals surface area contributed by atoms with Crippen molar-refractivity contribution >= 4 is 11.5 Å². The Kier molecular flexibility index (Phi) is 5.09. The number of hydrogen-bond acceptors (Lipinski definition) is 4. The fourth-order valence-electron chi connectivity index (χ4n) is 3.90. The maximum Gasteiger partial charge on any atom is 0.239 e. The van der Waals surface area contributed by atoms with Gasteiger partial charge >= 0.3 is 0 Å². The van der Waals surface area contributed by atoms with Crippen molar-refractivity contribution in [1.29, 1.82) is 0 Å². The molecule has 2 N–H and O–H groups in total. The van der Waals surface area contributed by atoms with E-state index in [2.05, 4.69) is 18.2 Å². The third-order valence-electron chi connectivity index (χ3n) is 5.67. The number of likely N-dealkylation sites (N-methyl/N-ethyl adjacent to an activating group) is 1. The van der Waals surface area contributed by atoms with Crippen LogP contribution in [0.2, 0.25) is 0 Å². The van der Waals surface area contributed by atoms with Crippen LogP contribution in [-0.2, 0) is 17.6 Å².